The topological polar surface area (TPSA) is 12.0 Å². The summed E-state index contributed by atoms with van der Waals surface area (Å²) in [6, 6.07) is 6.00. The van der Waals surface area contributed by atoms with Crippen molar-refractivity contribution in [3.05, 3.63) is 35.6 Å². The van der Waals surface area contributed by atoms with Gasteiger partial charge in [-0.1, -0.05) is 18.2 Å². The first-order valence-corrected chi connectivity index (χ1v) is 3.87. The molecule has 0 radical (unpaired) electrons. The number of alkyl halides is 1. The number of hydrogen-bond donors (Lipinski definition) is 1. The molecule has 1 nitrogen and oxygen atoms in total. The molecule has 0 saturated carbocycles. The van der Waals surface area contributed by atoms with E-state index in [1.807, 2.05) is 0 Å². The predicted molar refractivity (Wildman–Crippen MR) is 42.1 cm³/mol. The minimum atomic E-state index is -1.48. The van der Waals surface area contributed by atoms with Gasteiger partial charge in [-0.3, -0.25) is 0 Å². The van der Waals surface area contributed by atoms with Crippen molar-refractivity contribution in [1.82, 2.24) is 5.32 Å². The second-order valence-electron chi connectivity index (χ2n) is 3.05. The van der Waals surface area contributed by atoms with Gasteiger partial charge in [0, 0.05) is 18.7 Å². The molecule has 2 rings (SSSR count). The minimum absolute atomic E-state index is 0.170. The molecule has 1 saturated heterocycles. The summed E-state index contributed by atoms with van der Waals surface area (Å²) in [5.74, 6) is -0.457. The van der Waals surface area contributed by atoms with Crippen LogP contribution in [0.15, 0.2) is 24.3 Å². The van der Waals surface area contributed by atoms with E-state index in [9.17, 15) is 8.78 Å². The lowest BCUT2D eigenvalue weighted by Crippen LogP contribution is -2.54. The normalized spacial score (nSPS) is 20.2. The Balaban J connectivity index is 2.39. The third-order valence-electron chi connectivity index (χ3n) is 2.17. The van der Waals surface area contributed by atoms with Crippen LogP contribution in [0.3, 0.4) is 0 Å². The predicted octanol–water partition coefficient (Wildman–Crippen LogP) is 1.59. The van der Waals surface area contributed by atoms with Gasteiger partial charge in [0.25, 0.3) is 0 Å². The molecule has 0 aliphatic carbocycles. The molecule has 1 N–H and O–H groups in total. The van der Waals surface area contributed by atoms with Gasteiger partial charge in [-0.25, -0.2) is 8.78 Å². The van der Waals surface area contributed by atoms with E-state index in [-0.39, 0.29) is 18.7 Å². The van der Waals surface area contributed by atoms with Crippen LogP contribution < -0.4 is 5.32 Å². The Morgan fingerprint density at radius 2 is 1.92 bits per heavy atom. The van der Waals surface area contributed by atoms with Crippen molar-refractivity contribution in [3.63, 3.8) is 0 Å². The molecule has 12 heavy (non-hydrogen) atoms. The second kappa shape index (κ2) is 2.52. The third kappa shape index (κ3) is 1.01. The molecule has 0 unspecified atom stereocenters. The van der Waals surface area contributed by atoms with E-state index in [0.29, 0.717) is 0 Å². The minimum Gasteiger partial charge on any atom is -0.310 e. The second-order valence-corrected chi connectivity index (χ2v) is 3.05. The SMILES string of the molecule is Fc1ccccc1C1(F)CNC1. The Kier molecular flexibility index (Phi) is 1.61. The highest BCUT2D eigenvalue weighted by atomic mass is 19.1. The van der Waals surface area contributed by atoms with Gasteiger partial charge in [0.1, 0.15) is 5.82 Å². The monoisotopic (exact) mass is 169 g/mol. The first kappa shape index (κ1) is 7.68. The molecule has 0 spiro atoms. The zero-order valence-corrected chi connectivity index (χ0v) is 6.48. The van der Waals surface area contributed by atoms with Crippen LogP contribution in [0.25, 0.3) is 0 Å². The van der Waals surface area contributed by atoms with Crippen LogP contribution in [-0.4, -0.2) is 13.1 Å². The molecular weight excluding hydrogens is 160 g/mol. The number of hydrogen-bond acceptors (Lipinski definition) is 1. The number of rotatable bonds is 1. The number of nitrogens with one attached hydrogen (secondary N) is 1. The molecule has 3 heteroatoms. The first-order chi connectivity index (χ1) is 5.72. The highest BCUT2D eigenvalue weighted by Gasteiger charge is 2.40. The van der Waals surface area contributed by atoms with Gasteiger partial charge in [0.2, 0.25) is 0 Å². The highest BCUT2D eigenvalue weighted by molar-refractivity contribution is 5.27. The summed E-state index contributed by atoms with van der Waals surface area (Å²) >= 11 is 0. The van der Waals surface area contributed by atoms with Gasteiger partial charge in [-0.2, -0.15) is 0 Å². The van der Waals surface area contributed by atoms with Crippen LogP contribution in [0.2, 0.25) is 0 Å². The largest absolute Gasteiger partial charge is 0.310 e. The number of benzene rings is 1. The van der Waals surface area contributed by atoms with Crippen molar-refractivity contribution in [2.45, 2.75) is 5.67 Å². The summed E-state index contributed by atoms with van der Waals surface area (Å²) in [5, 5.41) is 2.79. The average molecular weight is 169 g/mol. The van der Waals surface area contributed by atoms with Crippen LogP contribution in [0, 0.1) is 5.82 Å². The van der Waals surface area contributed by atoms with Crippen LogP contribution in [0.5, 0.6) is 0 Å². The Morgan fingerprint density at radius 3 is 2.42 bits per heavy atom. The van der Waals surface area contributed by atoms with Crippen molar-refractivity contribution in [2.75, 3.05) is 13.1 Å². The van der Waals surface area contributed by atoms with Crippen LogP contribution in [0.4, 0.5) is 8.78 Å². The van der Waals surface area contributed by atoms with Crippen molar-refractivity contribution in [2.24, 2.45) is 0 Å². The molecule has 1 aromatic rings. The van der Waals surface area contributed by atoms with E-state index in [1.54, 1.807) is 12.1 Å². The van der Waals surface area contributed by atoms with Gasteiger partial charge in [-0.15, -0.1) is 0 Å². The summed E-state index contributed by atoms with van der Waals surface area (Å²) in [4.78, 5) is 0. The maximum absolute atomic E-state index is 13.6. The summed E-state index contributed by atoms with van der Waals surface area (Å²) in [6.07, 6.45) is 0. The Labute approximate surface area is 69.4 Å². The van der Waals surface area contributed by atoms with E-state index >= 15 is 0 Å². The summed E-state index contributed by atoms with van der Waals surface area (Å²) < 4.78 is 26.6. The fourth-order valence-corrected chi connectivity index (χ4v) is 1.36. The van der Waals surface area contributed by atoms with Crippen LogP contribution >= 0.6 is 0 Å². The van der Waals surface area contributed by atoms with E-state index in [0.717, 1.165) is 0 Å². The van der Waals surface area contributed by atoms with E-state index in [2.05, 4.69) is 5.32 Å². The molecule has 0 bridgehead atoms. The van der Waals surface area contributed by atoms with E-state index in [4.69, 9.17) is 0 Å². The van der Waals surface area contributed by atoms with Gasteiger partial charge in [0.15, 0.2) is 5.67 Å². The molecule has 0 atom stereocenters. The molecule has 1 fully saturated rings. The van der Waals surface area contributed by atoms with Crippen molar-refractivity contribution < 1.29 is 8.78 Å². The molecule has 1 heterocycles. The van der Waals surface area contributed by atoms with Crippen molar-refractivity contribution >= 4 is 0 Å². The van der Waals surface area contributed by atoms with Gasteiger partial charge < -0.3 is 5.32 Å². The van der Waals surface area contributed by atoms with Gasteiger partial charge in [-0.05, 0) is 6.07 Å². The maximum Gasteiger partial charge on any atom is 0.163 e. The molecule has 0 amide bonds. The average Bonchev–Trinajstić information content (AvgIpc) is 2.01. The lowest BCUT2D eigenvalue weighted by molar-refractivity contribution is 0.0847. The van der Waals surface area contributed by atoms with E-state index in [1.165, 1.54) is 12.1 Å². The fourth-order valence-electron chi connectivity index (χ4n) is 1.36. The molecular formula is C9H9F2N. The number of halogens is 2. The lowest BCUT2D eigenvalue weighted by atomic mass is 9.90. The molecule has 1 aliphatic heterocycles. The van der Waals surface area contributed by atoms with Crippen molar-refractivity contribution in [3.8, 4) is 0 Å². The zero-order chi connectivity index (χ0) is 8.60. The molecule has 1 aliphatic rings. The Hall–Kier alpha value is -0.960. The Morgan fingerprint density at radius 1 is 1.25 bits per heavy atom. The summed E-state index contributed by atoms with van der Waals surface area (Å²) in [6.45, 7) is 0.432. The summed E-state index contributed by atoms with van der Waals surface area (Å²) in [5.41, 5.74) is -1.31. The smallest absolute Gasteiger partial charge is 0.163 e. The summed E-state index contributed by atoms with van der Waals surface area (Å²) in [7, 11) is 0. The van der Waals surface area contributed by atoms with Gasteiger partial charge in [0.05, 0.1) is 0 Å². The van der Waals surface area contributed by atoms with Crippen molar-refractivity contribution in [1.29, 1.82) is 0 Å². The molecule has 64 valence electrons. The van der Waals surface area contributed by atoms with Crippen LogP contribution in [-0.2, 0) is 5.67 Å². The zero-order valence-electron chi connectivity index (χ0n) is 6.48. The maximum atomic E-state index is 13.6. The lowest BCUT2D eigenvalue weighted by Gasteiger charge is -2.35. The van der Waals surface area contributed by atoms with Gasteiger partial charge >= 0.3 is 0 Å². The first-order valence-electron chi connectivity index (χ1n) is 3.87. The molecule has 1 aromatic carbocycles. The Bertz CT molecular complexity index is 294. The third-order valence-corrected chi connectivity index (χ3v) is 2.17. The van der Waals surface area contributed by atoms with Crippen LogP contribution in [0.1, 0.15) is 5.56 Å². The quantitative estimate of drug-likeness (QED) is 0.673. The molecule has 0 aromatic heterocycles. The standard InChI is InChI=1S/C9H9F2N/c10-8-4-2-1-3-7(8)9(11)5-12-6-9/h1-4,12H,5-6H2. The fraction of sp³-hybridized carbons (Fsp3) is 0.333. The van der Waals surface area contributed by atoms with E-state index < -0.39 is 11.5 Å². The highest BCUT2D eigenvalue weighted by Crippen LogP contribution is 2.31.